The van der Waals surface area contributed by atoms with Gasteiger partial charge in [0.1, 0.15) is 0 Å². The van der Waals surface area contributed by atoms with Gasteiger partial charge < -0.3 is 0 Å². The molecule has 0 saturated carbocycles. The van der Waals surface area contributed by atoms with Crippen LogP contribution in [0.5, 0.6) is 0 Å². The Hall–Kier alpha value is -1.34. The first-order chi connectivity index (χ1) is 11.0. The Balaban J connectivity index is 2.74. The maximum atomic E-state index is 2.56. The summed E-state index contributed by atoms with van der Waals surface area (Å²) in [4.78, 5) is 0. The van der Waals surface area contributed by atoms with E-state index in [1.54, 1.807) is 10.8 Å². The maximum Gasteiger partial charge on any atom is 0.0843 e. The molecule has 0 atom stereocenters. The average Bonchev–Trinajstić information content (AvgIpc) is 2.53. The van der Waals surface area contributed by atoms with Crippen molar-refractivity contribution >= 4 is 13.3 Å². The van der Waals surface area contributed by atoms with Gasteiger partial charge in [-0.25, -0.2) is 0 Å². The second kappa shape index (κ2) is 10.4. The molecule has 1 aromatic rings. The first kappa shape index (κ1) is 19.7. The van der Waals surface area contributed by atoms with Crippen LogP contribution in [0.3, 0.4) is 0 Å². The van der Waals surface area contributed by atoms with Crippen molar-refractivity contribution in [2.24, 2.45) is 0 Å². The molecule has 1 heteroatoms. The van der Waals surface area contributed by atoms with E-state index in [-0.39, 0.29) is 0 Å². The zero-order valence-corrected chi connectivity index (χ0v) is 16.7. The molecule has 23 heavy (non-hydrogen) atoms. The van der Waals surface area contributed by atoms with E-state index in [1.807, 2.05) is 0 Å². The van der Waals surface area contributed by atoms with Gasteiger partial charge in [0.05, 0.1) is 8.07 Å². The largest absolute Gasteiger partial charge is 0.0917 e. The number of allylic oxidation sites excluding steroid dienone is 6. The van der Waals surface area contributed by atoms with E-state index >= 15 is 0 Å². The topological polar surface area (TPSA) is 0 Å². The van der Waals surface area contributed by atoms with Crippen molar-refractivity contribution in [1.29, 1.82) is 0 Å². The lowest BCUT2D eigenvalue weighted by atomic mass is 10.0. The Morgan fingerprint density at radius 3 is 2.22 bits per heavy atom. The van der Waals surface area contributed by atoms with Crippen molar-refractivity contribution in [2.45, 2.75) is 65.6 Å². The fourth-order valence-electron chi connectivity index (χ4n) is 2.72. The van der Waals surface area contributed by atoms with E-state index in [0.717, 1.165) is 0 Å². The van der Waals surface area contributed by atoms with Gasteiger partial charge in [0.15, 0.2) is 0 Å². The van der Waals surface area contributed by atoms with Crippen LogP contribution in [0.2, 0.25) is 19.1 Å². The van der Waals surface area contributed by atoms with Crippen molar-refractivity contribution < 1.29 is 0 Å². The highest BCUT2D eigenvalue weighted by Gasteiger charge is 2.21. The molecule has 1 aromatic carbocycles. The standard InChI is InChI=1S/C22H34Si/c1-6-7-9-14-21(15-12-13-20(2)3)18-19-23(4,5)22-16-10-8-11-17-22/h6-8,10-11,13,16-18H,9,12,14-15,19H2,1-5H3/b7-6+,21-18+. The maximum absolute atomic E-state index is 2.56. The van der Waals surface area contributed by atoms with Crippen LogP contribution >= 0.6 is 0 Å². The smallest absolute Gasteiger partial charge is 0.0843 e. The van der Waals surface area contributed by atoms with Gasteiger partial charge in [0, 0.05) is 0 Å². The molecule has 0 aliphatic carbocycles. The van der Waals surface area contributed by atoms with Gasteiger partial charge in [-0.15, -0.1) is 0 Å². The van der Waals surface area contributed by atoms with Crippen molar-refractivity contribution in [3.8, 4) is 0 Å². The Labute approximate surface area is 145 Å². The lowest BCUT2D eigenvalue weighted by molar-refractivity contribution is 0.857. The van der Waals surface area contributed by atoms with Gasteiger partial charge in [-0.3, -0.25) is 0 Å². The molecule has 0 unspecified atom stereocenters. The highest BCUT2D eigenvalue weighted by Crippen LogP contribution is 2.19. The molecule has 0 aromatic heterocycles. The molecule has 0 aliphatic heterocycles. The molecular weight excluding hydrogens is 292 g/mol. The lowest BCUT2D eigenvalue weighted by Gasteiger charge is -2.22. The summed E-state index contributed by atoms with van der Waals surface area (Å²) in [6.07, 6.45) is 14.1. The Kier molecular flexibility index (Phi) is 8.94. The number of benzene rings is 1. The normalized spacial score (nSPS) is 12.7. The minimum absolute atomic E-state index is 1.17. The molecule has 0 fully saturated rings. The summed E-state index contributed by atoms with van der Waals surface area (Å²) in [7, 11) is -1.36. The minimum atomic E-state index is -1.36. The number of rotatable bonds is 9. The van der Waals surface area contributed by atoms with E-state index in [1.165, 1.54) is 37.3 Å². The van der Waals surface area contributed by atoms with Crippen molar-refractivity contribution in [1.82, 2.24) is 0 Å². The van der Waals surface area contributed by atoms with E-state index in [9.17, 15) is 0 Å². The summed E-state index contributed by atoms with van der Waals surface area (Å²) in [5.41, 5.74) is 3.06. The second-order valence-electron chi connectivity index (χ2n) is 7.24. The predicted octanol–water partition coefficient (Wildman–Crippen LogP) is 6.63. The fraction of sp³-hybridized carbons (Fsp3) is 0.455. The van der Waals surface area contributed by atoms with E-state index < -0.39 is 8.07 Å². The van der Waals surface area contributed by atoms with Gasteiger partial charge in [-0.1, -0.05) is 84.1 Å². The molecule has 0 spiro atoms. The van der Waals surface area contributed by atoms with Gasteiger partial charge >= 0.3 is 0 Å². The zero-order valence-electron chi connectivity index (χ0n) is 15.7. The third-order valence-electron chi connectivity index (χ3n) is 4.34. The van der Waals surface area contributed by atoms with Crippen LogP contribution in [0.25, 0.3) is 0 Å². The van der Waals surface area contributed by atoms with E-state index in [0.29, 0.717) is 0 Å². The molecular formula is C22H34Si. The van der Waals surface area contributed by atoms with Crippen LogP contribution in [0.4, 0.5) is 0 Å². The number of hydrogen-bond donors (Lipinski definition) is 0. The van der Waals surface area contributed by atoms with Crippen molar-refractivity contribution in [2.75, 3.05) is 0 Å². The quantitative estimate of drug-likeness (QED) is 0.353. The minimum Gasteiger partial charge on any atom is -0.0917 e. The van der Waals surface area contributed by atoms with Crippen molar-refractivity contribution in [3.63, 3.8) is 0 Å². The molecule has 0 saturated heterocycles. The van der Waals surface area contributed by atoms with Gasteiger partial charge in [0.25, 0.3) is 0 Å². The summed E-state index contributed by atoms with van der Waals surface area (Å²) < 4.78 is 0. The molecule has 0 heterocycles. The van der Waals surface area contributed by atoms with Crippen LogP contribution in [0.15, 0.2) is 65.8 Å². The summed E-state index contributed by atoms with van der Waals surface area (Å²) in [6, 6.07) is 12.3. The second-order valence-corrected chi connectivity index (χ2v) is 12.0. The molecule has 0 radical (unpaired) electrons. The average molecular weight is 327 g/mol. The van der Waals surface area contributed by atoms with Crippen molar-refractivity contribution in [3.05, 3.63) is 65.8 Å². The highest BCUT2D eigenvalue weighted by atomic mass is 28.3. The lowest BCUT2D eigenvalue weighted by Crippen LogP contribution is -2.40. The first-order valence-corrected chi connectivity index (χ1v) is 12.1. The highest BCUT2D eigenvalue weighted by molar-refractivity contribution is 6.90. The SMILES string of the molecule is C/C=C/CC/C(=C\C[Si](C)(C)c1ccccc1)CCC=C(C)C. The third-order valence-corrected chi connectivity index (χ3v) is 7.46. The summed E-state index contributed by atoms with van der Waals surface area (Å²) in [6.45, 7) is 11.5. The Morgan fingerprint density at radius 1 is 0.957 bits per heavy atom. The fourth-order valence-corrected chi connectivity index (χ4v) is 4.85. The molecule has 1 rings (SSSR count). The molecule has 0 amide bonds. The molecule has 126 valence electrons. The summed E-state index contributed by atoms with van der Waals surface area (Å²) in [5.74, 6) is 0. The molecule has 0 aliphatic rings. The van der Waals surface area contributed by atoms with E-state index in [4.69, 9.17) is 0 Å². The van der Waals surface area contributed by atoms with Gasteiger partial charge in [0.2, 0.25) is 0 Å². The van der Waals surface area contributed by atoms with E-state index in [2.05, 4.69) is 88.5 Å². The zero-order chi connectivity index (χ0) is 17.1. The van der Waals surface area contributed by atoms with Crippen LogP contribution in [0.1, 0.15) is 46.5 Å². The molecule has 0 bridgehead atoms. The number of hydrogen-bond acceptors (Lipinski definition) is 0. The van der Waals surface area contributed by atoms with Crippen LogP contribution in [-0.2, 0) is 0 Å². The molecule has 0 N–H and O–H groups in total. The van der Waals surface area contributed by atoms with Gasteiger partial charge in [-0.05, 0) is 52.5 Å². The summed E-state index contributed by atoms with van der Waals surface area (Å²) >= 11 is 0. The summed E-state index contributed by atoms with van der Waals surface area (Å²) in [5, 5.41) is 1.56. The van der Waals surface area contributed by atoms with Crippen LogP contribution < -0.4 is 5.19 Å². The first-order valence-electron chi connectivity index (χ1n) is 8.93. The third kappa shape index (κ3) is 8.18. The molecule has 0 nitrogen and oxygen atoms in total. The predicted molar refractivity (Wildman–Crippen MR) is 109 cm³/mol. The van der Waals surface area contributed by atoms with Crippen LogP contribution in [-0.4, -0.2) is 8.07 Å². The monoisotopic (exact) mass is 326 g/mol. The Morgan fingerprint density at radius 2 is 1.61 bits per heavy atom. The van der Waals surface area contributed by atoms with Crippen LogP contribution in [0, 0.1) is 0 Å². The Bertz CT molecular complexity index is 528. The van der Waals surface area contributed by atoms with Gasteiger partial charge in [-0.2, -0.15) is 0 Å².